The molecule has 1 saturated heterocycles. The van der Waals surface area contributed by atoms with Crippen LogP contribution in [0.25, 0.3) is 10.9 Å². The maximum absolute atomic E-state index is 10.9. The van der Waals surface area contributed by atoms with E-state index in [-0.39, 0.29) is 6.42 Å². The molecule has 1 fully saturated rings. The molecule has 170 valence electrons. The van der Waals surface area contributed by atoms with E-state index in [9.17, 15) is 4.79 Å². The molecule has 4 rings (SSSR count). The van der Waals surface area contributed by atoms with Gasteiger partial charge in [0.2, 0.25) is 0 Å². The van der Waals surface area contributed by atoms with Crippen molar-refractivity contribution in [1.29, 1.82) is 0 Å². The SMILES string of the molecule is COc1cc2c(Nc3nc(CC(=O)O)cs3)ncnc2cc1OCCCN1CCOCC1. The van der Waals surface area contributed by atoms with E-state index in [0.717, 1.165) is 44.7 Å². The highest BCUT2D eigenvalue weighted by Gasteiger charge is 2.14. The highest BCUT2D eigenvalue weighted by Crippen LogP contribution is 2.35. The molecule has 0 radical (unpaired) electrons. The Morgan fingerprint density at radius 1 is 1.28 bits per heavy atom. The van der Waals surface area contributed by atoms with Crippen molar-refractivity contribution < 1.29 is 24.1 Å². The highest BCUT2D eigenvalue weighted by atomic mass is 32.1. The molecule has 32 heavy (non-hydrogen) atoms. The molecule has 0 aliphatic carbocycles. The molecule has 11 heteroatoms. The van der Waals surface area contributed by atoms with E-state index in [0.29, 0.717) is 40.3 Å². The summed E-state index contributed by atoms with van der Waals surface area (Å²) in [5.41, 5.74) is 1.20. The number of anilines is 2. The summed E-state index contributed by atoms with van der Waals surface area (Å²) in [6, 6.07) is 3.67. The predicted octanol–water partition coefficient (Wildman–Crippen LogP) is 2.57. The van der Waals surface area contributed by atoms with Crippen LogP contribution in [-0.2, 0) is 16.0 Å². The van der Waals surface area contributed by atoms with E-state index in [2.05, 4.69) is 25.2 Å². The largest absolute Gasteiger partial charge is 0.493 e. The van der Waals surface area contributed by atoms with Crippen molar-refractivity contribution in [2.45, 2.75) is 12.8 Å². The number of aromatic nitrogens is 3. The number of ether oxygens (including phenoxy) is 3. The summed E-state index contributed by atoms with van der Waals surface area (Å²) in [6.45, 7) is 5.04. The molecule has 0 spiro atoms. The van der Waals surface area contributed by atoms with Crippen LogP contribution in [0.1, 0.15) is 12.1 Å². The number of carboxylic acids is 1. The fraction of sp³-hybridized carbons (Fsp3) is 0.429. The molecular weight excluding hydrogens is 434 g/mol. The lowest BCUT2D eigenvalue weighted by Crippen LogP contribution is -2.37. The Labute approximate surface area is 189 Å². The number of hydrogen-bond acceptors (Lipinski definition) is 10. The summed E-state index contributed by atoms with van der Waals surface area (Å²) in [4.78, 5) is 26.2. The van der Waals surface area contributed by atoms with Crippen molar-refractivity contribution in [2.24, 2.45) is 0 Å². The molecule has 0 bridgehead atoms. The first-order chi connectivity index (χ1) is 15.6. The van der Waals surface area contributed by atoms with Crippen molar-refractivity contribution in [3.63, 3.8) is 0 Å². The van der Waals surface area contributed by atoms with Crippen LogP contribution >= 0.6 is 11.3 Å². The monoisotopic (exact) mass is 459 g/mol. The van der Waals surface area contributed by atoms with Crippen LogP contribution in [-0.4, -0.2) is 77.5 Å². The second-order valence-electron chi connectivity index (χ2n) is 7.24. The van der Waals surface area contributed by atoms with Crippen molar-refractivity contribution in [2.75, 3.05) is 51.9 Å². The third kappa shape index (κ3) is 5.61. The van der Waals surface area contributed by atoms with E-state index in [1.807, 2.05) is 12.1 Å². The minimum Gasteiger partial charge on any atom is -0.493 e. The normalized spacial score (nSPS) is 14.4. The second kappa shape index (κ2) is 10.5. The van der Waals surface area contributed by atoms with Gasteiger partial charge >= 0.3 is 5.97 Å². The fourth-order valence-electron chi connectivity index (χ4n) is 3.43. The molecule has 0 unspecified atom stereocenters. The first kappa shape index (κ1) is 22.2. The topological polar surface area (TPSA) is 119 Å². The molecule has 1 aliphatic heterocycles. The Morgan fingerprint density at radius 2 is 2.12 bits per heavy atom. The van der Waals surface area contributed by atoms with Crippen molar-refractivity contribution in [3.8, 4) is 11.5 Å². The number of methoxy groups -OCH3 is 1. The van der Waals surface area contributed by atoms with Crippen LogP contribution in [0.3, 0.4) is 0 Å². The smallest absolute Gasteiger partial charge is 0.309 e. The van der Waals surface area contributed by atoms with Gasteiger partial charge in [-0.1, -0.05) is 0 Å². The van der Waals surface area contributed by atoms with E-state index < -0.39 is 5.97 Å². The van der Waals surface area contributed by atoms with Crippen molar-refractivity contribution >= 4 is 39.2 Å². The summed E-state index contributed by atoms with van der Waals surface area (Å²) in [6.07, 6.45) is 2.24. The van der Waals surface area contributed by atoms with E-state index in [4.69, 9.17) is 19.3 Å². The number of rotatable bonds is 10. The molecule has 1 aliphatic rings. The number of morpholine rings is 1. The summed E-state index contributed by atoms with van der Waals surface area (Å²) in [5, 5.41) is 15.1. The third-order valence-corrected chi connectivity index (χ3v) is 5.82. The fourth-order valence-corrected chi connectivity index (χ4v) is 4.14. The molecule has 2 N–H and O–H groups in total. The van der Waals surface area contributed by atoms with Gasteiger partial charge < -0.3 is 24.6 Å². The van der Waals surface area contributed by atoms with Gasteiger partial charge in [-0.2, -0.15) is 0 Å². The third-order valence-electron chi connectivity index (χ3n) is 5.01. The second-order valence-corrected chi connectivity index (χ2v) is 8.10. The summed E-state index contributed by atoms with van der Waals surface area (Å²) < 4.78 is 16.9. The van der Waals surface area contributed by atoms with Crippen molar-refractivity contribution in [1.82, 2.24) is 19.9 Å². The molecule has 0 atom stereocenters. The van der Waals surface area contributed by atoms with Crippen LogP contribution in [0, 0.1) is 0 Å². The Bertz CT molecular complexity index is 1070. The Kier molecular flexibility index (Phi) is 7.30. The van der Waals surface area contributed by atoms with Gasteiger partial charge in [0.25, 0.3) is 0 Å². The Morgan fingerprint density at radius 3 is 2.91 bits per heavy atom. The van der Waals surface area contributed by atoms with Gasteiger partial charge in [0.1, 0.15) is 12.1 Å². The van der Waals surface area contributed by atoms with Gasteiger partial charge in [0, 0.05) is 36.5 Å². The maximum atomic E-state index is 10.9. The molecule has 2 aromatic heterocycles. The van der Waals surface area contributed by atoms with Crippen LogP contribution in [0.4, 0.5) is 10.9 Å². The van der Waals surface area contributed by atoms with E-state index >= 15 is 0 Å². The van der Waals surface area contributed by atoms with Crippen LogP contribution in [0.2, 0.25) is 0 Å². The number of hydrogen-bond donors (Lipinski definition) is 2. The lowest BCUT2D eigenvalue weighted by atomic mass is 10.2. The zero-order valence-corrected chi connectivity index (χ0v) is 18.6. The minimum atomic E-state index is -0.920. The number of carboxylic acid groups (broad SMARTS) is 1. The number of thiazole rings is 1. The van der Waals surface area contributed by atoms with Gasteiger partial charge in [0.05, 0.1) is 44.6 Å². The summed E-state index contributed by atoms with van der Waals surface area (Å²) >= 11 is 1.32. The molecule has 0 saturated carbocycles. The number of aliphatic carboxylic acids is 1. The Hall–Kier alpha value is -3.02. The number of nitrogens with one attached hydrogen (secondary N) is 1. The van der Waals surface area contributed by atoms with Gasteiger partial charge in [-0.25, -0.2) is 15.0 Å². The number of fused-ring (bicyclic) bond motifs is 1. The summed E-state index contributed by atoms with van der Waals surface area (Å²) in [7, 11) is 1.59. The molecule has 3 aromatic rings. The number of nitrogens with zero attached hydrogens (tertiary/aromatic N) is 4. The maximum Gasteiger partial charge on any atom is 0.309 e. The standard InChI is InChI=1S/C21H25N5O5S/c1-29-17-10-15-16(11-18(17)31-6-2-3-26-4-7-30-8-5-26)22-13-23-20(15)25-21-24-14(12-32-21)9-19(27)28/h10-13H,2-9H2,1H3,(H,27,28)(H,22,23,24,25). The molecule has 10 nitrogen and oxygen atoms in total. The van der Waals surface area contributed by atoms with Gasteiger partial charge in [-0.15, -0.1) is 11.3 Å². The minimum absolute atomic E-state index is 0.122. The van der Waals surface area contributed by atoms with E-state index in [1.54, 1.807) is 12.5 Å². The van der Waals surface area contributed by atoms with E-state index in [1.165, 1.54) is 17.7 Å². The lowest BCUT2D eigenvalue weighted by Gasteiger charge is -2.26. The van der Waals surface area contributed by atoms with Crippen LogP contribution in [0.5, 0.6) is 11.5 Å². The van der Waals surface area contributed by atoms with Crippen molar-refractivity contribution in [3.05, 3.63) is 29.5 Å². The quantitative estimate of drug-likeness (QED) is 0.438. The van der Waals surface area contributed by atoms with Crippen LogP contribution in [0.15, 0.2) is 23.8 Å². The lowest BCUT2D eigenvalue weighted by molar-refractivity contribution is -0.136. The predicted molar refractivity (Wildman–Crippen MR) is 120 cm³/mol. The average Bonchev–Trinajstić information content (AvgIpc) is 3.23. The number of carbonyl (C=O) groups is 1. The zero-order valence-electron chi connectivity index (χ0n) is 17.7. The zero-order chi connectivity index (χ0) is 22.3. The van der Waals surface area contributed by atoms with Gasteiger partial charge in [-0.3, -0.25) is 9.69 Å². The van der Waals surface area contributed by atoms with Gasteiger partial charge in [0.15, 0.2) is 16.6 Å². The molecule has 0 amide bonds. The Balaban J connectivity index is 1.45. The summed E-state index contributed by atoms with van der Waals surface area (Å²) in [5.74, 6) is 0.858. The van der Waals surface area contributed by atoms with Crippen LogP contribution < -0.4 is 14.8 Å². The van der Waals surface area contributed by atoms with Gasteiger partial charge in [-0.05, 0) is 12.5 Å². The molecule has 3 heterocycles. The average molecular weight is 460 g/mol. The first-order valence-corrected chi connectivity index (χ1v) is 11.2. The first-order valence-electron chi connectivity index (χ1n) is 10.3. The highest BCUT2D eigenvalue weighted by molar-refractivity contribution is 7.13. The molecular formula is C21H25N5O5S. The number of benzene rings is 1. The molecule has 1 aromatic carbocycles.